The van der Waals surface area contributed by atoms with Gasteiger partial charge in [-0.2, -0.15) is 4.98 Å². The number of halogens is 3. The first kappa shape index (κ1) is 15.5. The maximum Gasteiger partial charge on any atom is 0.331 e. The Balaban J connectivity index is 2.47. The van der Waals surface area contributed by atoms with Crippen molar-refractivity contribution in [2.24, 2.45) is 0 Å². The zero-order chi connectivity index (χ0) is 15.6. The van der Waals surface area contributed by atoms with Crippen molar-refractivity contribution in [3.05, 3.63) is 49.7 Å². The van der Waals surface area contributed by atoms with Crippen molar-refractivity contribution in [1.82, 2.24) is 4.98 Å². The highest BCUT2D eigenvalue weighted by Crippen LogP contribution is 2.36. The van der Waals surface area contributed by atoms with Gasteiger partial charge in [0, 0.05) is 19.2 Å². The van der Waals surface area contributed by atoms with E-state index in [1.807, 2.05) is 0 Å². The number of aromatic nitrogens is 1. The summed E-state index contributed by atoms with van der Waals surface area (Å²) in [4.78, 5) is 14.3. The zero-order valence-corrected chi connectivity index (χ0v) is 12.9. The molecule has 1 N–H and O–H groups in total. The van der Waals surface area contributed by atoms with Crippen LogP contribution in [0.2, 0.25) is 5.02 Å². The number of anilines is 1. The van der Waals surface area contributed by atoms with Crippen molar-refractivity contribution in [2.45, 2.75) is 0 Å². The van der Waals surface area contributed by atoms with Crippen molar-refractivity contribution in [3.63, 3.8) is 0 Å². The van der Waals surface area contributed by atoms with E-state index in [-0.39, 0.29) is 22.3 Å². The van der Waals surface area contributed by atoms with Gasteiger partial charge in [-0.3, -0.25) is 10.1 Å². The molecule has 0 aliphatic heterocycles. The number of nitrogens with zero attached hydrogens (tertiary/aromatic N) is 2. The number of pyridine rings is 1. The average molecular weight is 377 g/mol. The molecule has 0 aliphatic carbocycles. The maximum absolute atomic E-state index is 13.5. The van der Waals surface area contributed by atoms with Gasteiger partial charge in [-0.1, -0.05) is 11.6 Å². The minimum absolute atomic E-state index is 0.0285. The quantitative estimate of drug-likeness (QED) is 0.487. The Labute approximate surface area is 132 Å². The number of rotatable bonds is 4. The van der Waals surface area contributed by atoms with Crippen molar-refractivity contribution in [3.8, 4) is 11.6 Å². The van der Waals surface area contributed by atoms with Gasteiger partial charge in [-0.15, -0.1) is 0 Å². The second kappa shape index (κ2) is 6.23. The van der Waals surface area contributed by atoms with Gasteiger partial charge in [-0.25, -0.2) is 4.39 Å². The van der Waals surface area contributed by atoms with Crippen molar-refractivity contribution in [2.75, 3.05) is 12.4 Å². The second-order valence-electron chi connectivity index (χ2n) is 3.83. The van der Waals surface area contributed by atoms with Crippen molar-refractivity contribution >= 4 is 39.0 Å². The van der Waals surface area contributed by atoms with Gasteiger partial charge in [0.25, 0.3) is 0 Å². The fraction of sp³-hybridized carbons (Fsp3) is 0.0833. The number of nitrogens with one attached hydrogen (secondary N) is 1. The monoisotopic (exact) mass is 375 g/mol. The van der Waals surface area contributed by atoms with Crippen LogP contribution in [0.1, 0.15) is 0 Å². The number of nitro groups is 1. The fourth-order valence-corrected chi connectivity index (χ4v) is 2.19. The van der Waals surface area contributed by atoms with Gasteiger partial charge in [0.05, 0.1) is 14.4 Å². The third kappa shape index (κ3) is 3.40. The highest BCUT2D eigenvalue weighted by molar-refractivity contribution is 9.10. The maximum atomic E-state index is 13.5. The SMILES string of the molecule is CNc1ccc([N+](=O)[O-])c(Oc2cc(F)c(Cl)cc2Br)n1. The molecular weight excluding hydrogens is 369 g/mol. The molecule has 0 amide bonds. The van der Waals surface area contributed by atoms with Crippen LogP contribution in [0, 0.1) is 15.9 Å². The molecule has 21 heavy (non-hydrogen) atoms. The second-order valence-corrected chi connectivity index (χ2v) is 5.09. The Kier molecular flexibility index (Phi) is 4.59. The zero-order valence-electron chi connectivity index (χ0n) is 10.6. The predicted molar refractivity (Wildman–Crippen MR) is 79.6 cm³/mol. The van der Waals surface area contributed by atoms with Crippen LogP contribution in [0.5, 0.6) is 11.6 Å². The smallest absolute Gasteiger partial charge is 0.331 e. The van der Waals surface area contributed by atoms with Gasteiger partial charge >= 0.3 is 11.6 Å². The van der Waals surface area contributed by atoms with Crippen LogP contribution < -0.4 is 10.1 Å². The number of hydrogen-bond acceptors (Lipinski definition) is 5. The lowest BCUT2D eigenvalue weighted by Gasteiger charge is -2.09. The summed E-state index contributed by atoms with van der Waals surface area (Å²) >= 11 is 8.77. The molecule has 0 saturated heterocycles. The number of ether oxygens (including phenoxy) is 1. The first-order valence-electron chi connectivity index (χ1n) is 5.58. The van der Waals surface area contributed by atoms with Gasteiger partial charge in [-0.05, 0) is 28.1 Å². The first-order valence-corrected chi connectivity index (χ1v) is 6.75. The summed E-state index contributed by atoms with van der Waals surface area (Å²) in [5.41, 5.74) is -0.337. The number of hydrogen-bond donors (Lipinski definition) is 1. The largest absolute Gasteiger partial charge is 0.432 e. The molecule has 0 unspecified atom stereocenters. The van der Waals surface area contributed by atoms with E-state index in [0.29, 0.717) is 10.3 Å². The lowest BCUT2D eigenvalue weighted by atomic mass is 10.3. The summed E-state index contributed by atoms with van der Waals surface area (Å²) in [6.45, 7) is 0. The molecule has 9 heteroatoms. The van der Waals surface area contributed by atoms with Gasteiger partial charge in [0.2, 0.25) is 0 Å². The summed E-state index contributed by atoms with van der Waals surface area (Å²) in [5, 5.41) is 13.6. The molecular formula is C12H8BrClFN3O3. The highest BCUT2D eigenvalue weighted by atomic mass is 79.9. The van der Waals surface area contributed by atoms with E-state index >= 15 is 0 Å². The van der Waals surface area contributed by atoms with Crippen molar-refractivity contribution < 1.29 is 14.1 Å². The predicted octanol–water partition coefficient (Wildman–Crippen LogP) is 4.38. The Morgan fingerprint density at radius 2 is 2.19 bits per heavy atom. The average Bonchev–Trinajstić information content (AvgIpc) is 2.44. The molecule has 2 aromatic rings. The lowest BCUT2D eigenvalue weighted by molar-refractivity contribution is -0.386. The Morgan fingerprint density at radius 3 is 2.81 bits per heavy atom. The van der Waals surface area contributed by atoms with Crippen molar-refractivity contribution in [1.29, 1.82) is 0 Å². The minimum Gasteiger partial charge on any atom is -0.432 e. The Morgan fingerprint density at radius 1 is 1.48 bits per heavy atom. The van der Waals surface area contributed by atoms with E-state index in [0.717, 1.165) is 6.07 Å². The standard InChI is InChI=1S/C12H8BrClFN3O3/c1-16-11-3-2-9(18(19)20)12(17-11)21-10-5-8(15)7(14)4-6(10)13/h2-5H,1H3,(H,16,17). The van der Waals surface area contributed by atoms with E-state index in [1.54, 1.807) is 7.05 Å². The first-order chi connectivity index (χ1) is 9.92. The molecule has 0 fully saturated rings. The Bertz CT molecular complexity index is 714. The fourth-order valence-electron chi connectivity index (χ4n) is 1.47. The highest BCUT2D eigenvalue weighted by Gasteiger charge is 2.20. The van der Waals surface area contributed by atoms with Crippen LogP contribution in [0.25, 0.3) is 0 Å². The molecule has 0 bridgehead atoms. The summed E-state index contributed by atoms with van der Waals surface area (Å²) in [6.07, 6.45) is 0. The molecule has 0 saturated carbocycles. The molecule has 0 radical (unpaired) electrons. The van der Waals surface area contributed by atoms with Gasteiger partial charge < -0.3 is 10.1 Å². The molecule has 1 aromatic heterocycles. The molecule has 0 atom stereocenters. The number of benzene rings is 1. The molecule has 1 heterocycles. The van der Waals surface area contributed by atoms with E-state index in [9.17, 15) is 14.5 Å². The van der Waals surface area contributed by atoms with Gasteiger partial charge in [0.15, 0.2) is 0 Å². The Hall–Kier alpha value is -1.93. The van der Waals surface area contributed by atoms with E-state index < -0.39 is 10.7 Å². The summed E-state index contributed by atoms with van der Waals surface area (Å²) in [6, 6.07) is 4.99. The van der Waals surface area contributed by atoms with Crippen LogP contribution >= 0.6 is 27.5 Å². The summed E-state index contributed by atoms with van der Waals surface area (Å²) < 4.78 is 19.2. The normalized spacial score (nSPS) is 10.3. The molecule has 110 valence electrons. The summed E-state index contributed by atoms with van der Waals surface area (Å²) in [7, 11) is 1.61. The topological polar surface area (TPSA) is 77.3 Å². The van der Waals surface area contributed by atoms with Crippen LogP contribution in [0.4, 0.5) is 15.9 Å². The summed E-state index contributed by atoms with van der Waals surface area (Å²) in [5.74, 6) is -0.557. The molecule has 2 rings (SSSR count). The van der Waals surface area contributed by atoms with Crippen LogP contribution in [-0.4, -0.2) is 17.0 Å². The van der Waals surface area contributed by atoms with E-state index in [2.05, 4.69) is 26.2 Å². The third-order valence-corrected chi connectivity index (χ3v) is 3.38. The van der Waals surface area contributed by atoms with Crippen LogP contribution in [0.3, 0.4) is 0 Å². The van der Waals surface area contributed by atoms with Gasteiger partial charge in [0.1, 0.15) is 17.4 Å². The van der Waals surface area contributed by atoms with Crippen LogP contribution in [0.15, 0.2) is 28.7 Å². The van der Waals surface area contributed by atoms with E-state index in [1.165, 1.54) is 18.2 Å². The van der Waals surface area contributed by atoms with E-state index in [4.69, 9.17) is 16.3 Å². The minimum atomic E-state index is -0.706. The lowest BCUT2D eigenvalue weighted by Crippen LogP contribution is -2.00. The molecule has 1 aromatic carbocycles. The molecule has 6 nitrogen and oxygen atoms in total. The molecule has 0 spiro atoms. The van der Waals surface area contributed by atoms with Crippen LogP contribution in [-0.2, 0) is 0 Å². The molecule has 0 aliphatic rings. The third-order valence-electron chi connectivity index (χ3n) is 2.47.